The minimum Gasteiger partial charge on any atom is -0.368 e. The number of ketones is 1. The molecule has 1 fully saturated rings. The van der Waals surface area contributed by atoms with E-state index in [9.17, 15) is 19.7 Å². The van der Waals surface area contributed by atoms with Gasteiger partial charge in [0.1, 0.15) is 0 Å². The molecule has 1 heterocycles. The molecule has 1 aliphatic heterocycles. The van der Waals surface area contributed by atoms with E-state index < -0.39 is 16.9 Å². The lowest BCUT2D eigenvalue weighted by molar-refractivity contribution is -0.384. The van der Waals surface area contributed by atoms with E-state index in [2.05, 4.69) is 0 Å². The summed E-state index contributed by atoms with van der Waals surface area (Å²) < 4.78 is 0. The third-order valence-corrected chi connectivity index (χ3v) is 3.69. The molecular formula is C14H17N3O4. The minimum atomic E-state index is -0.512. The van der Waals surface area contributed by atoms with E-state index in [1.165, 1.54) is 24.3 Å². The summed E-state index contributed by atoms with van der Waals surface area (Å²) >= 11 is 0. The Morgan fingerprint density at radius 2 is 1.95 bits per heavy atom. The Hall–Kier alpha value is -2.28. The average molecular weight is 291 g/mol. The van der Waals surface area contributed by atoms with E-state index in [1.807, 2.05) is 0 Å². The summed E-state index contributed by atoms with van der Waals surface area (Å²) in [4.78, 5) is 35.4. The van der Waals surface area contributed by atoms with Gasteiger partial charge in [-0.05, 0) is 31.5 Å². The molecule has 0 saturated carbocycles. The zero-order valence-electron chi connectivity index (χ0n) is 11.5. The largest absolute Gasteiger partial charge is 0.368 e. The molecule has 0 radical (unpaired) electrons. The fourth-order valence-corrected chi connectivity index (χ4v) is 2.55. The van der Waals surface area contributed by atoms with Crippen LogP contribution in [0.15, 0.2) is 24.3 Å². The van der Waals surface area contributed by atoms with Crippen molar-refractivity contribution in [3.8, 4) is 0 Å². The highest BCUT2D eigenvalue weighted by atomic mass is 16.6. The van der Waals surface area contributed by atoms with Crippen molar-refractivity contribution in [2.45, 2.75) is 25.3 Å². The molecule has 1 aliphatic rings. The van der Waals surface area contributed by atoms with Crippen LogP contribution in [0.4, 0.5) is 5.69 Å². The zero-order chi connectivity index (χ0) is 15.4. The summed E-state index contributed by atoms with van der Waals surface area (Å²) in [6.45, 7) is 0.762. The SMILES string of the molecule is NC(=O)C1CCCCN1CC(=O)c1ccc([N+](=O)[O-])cc1. The standard InChI is InChI=1S/C14H17N3O4/c15-14(19)12-3-1-2-8-16(12)9-13(18)10-4-6-11(7-5-10)17(20)21/h4-7,12H,1-3,8-9H2,(H2,15,19). The van der Waals surface area contributed by atoms with Crippen molar-refractivity contribution < 1.29 is 14.5 Å². The van der Waals surface area contributed by atoms with Gasteiger partial charge in [-0.1, -0.05) is 6.42 Å². The van der Waals surface area contributed by atoms with Crippen LogP contribution in [0.1, 0.15) is 29.6 Å². The monoisotopic (exact) mass is 291 g/mol. The number of nitro groups is 1. The smallest absolute Gasteiger partial charge is 0.269 e. The van der Waals surface area contributed by atoms with Gasteiger partial charge in [-0.2, -0.15) is 0 Å². The lowest BCUT2D eigenvalue weighted by atomic mass is 10.0. The zero-order valence-corrected chi connectivity index (χ0v) is 11.5. The molecule has 0 bridgehead atoms. The van der Waals surface area contributed by atoms with Crippen molar-refractivity contribution >= 4 is 17.4 Å². The summed E-state index contributed by atoms with van der Waals surface area (Å²) in [5.41, 5.74) is 5.70. The van der Waals surface area contributed by atoms with Crippen LogP contribution in [0.5, 0.6) is 0 Å². The van der Waals surface area contributed by atoms with E-state index in [0.29, 0.717) is 18.5 Å². The molecule has 7 heteroatoms. The third-order valence-electron chi connectivity index (χ3n) is 3.69. The maximum Gasteiger partial charge on any atom is 0.269 e. The van der Waals surface area contributed by atoms with Gasteiger partial charge in [-0.15, -0.1) is 0 Å². The molecule has 112 valence electrons. The molecule has 21 heavy (non-hydrogen) atoms. The first-order valence-electron chi connectivity index (χ1n) is 6.80. The molecule has 1 aromatic rings. The van der Waals surface area contributed by atoms with Gasteiger partial charge in [0.25, 0.3) is 5.69 Å². The maximum atomic E-state index is 12.2. The molecule has 0 spiro atoms. The number of Topliss-reactive ketones (excluding diaryl/α,β-unsaturated/α-hetero) is 1. The van der Waals surface area contributed by atoms with Crippen molar-refractivity contribution in [2.24, 2.45) is 5.73 Å². The predicted octanol–water partition coefficient (Wildman–Crippen LogP) is 1.12. The molecule has 1 amide bonds. The van der Waals surface area contributed by atoms with Crippen molar-refractivity contribution in [3.63, 3.8) is 0 Å². The van der Waals surface area contributed by atoms with E-state index in [4.69, 9.17) is 5.73 Å². The highest BCUT2D eigenvalue weighted by Gasteiger charge is 2.28. The highest BCUT2D eigenvalue weighted by Crippen LogP contribution is 2.18. The molecule has 1 atom stereocenters. The van der Waals surface area contributed by atoms with Gasteiger partial charge in [0.15, 0.2) is 5.78 Å². The molecule has 0 aromatic heterocycles. The van der Waals surface area contributed by atoms with Crippen LogP contribution in [0.3, 0.4) is 0 Å². The van der Waals surface area contributed by atoms with Crippen molar-refractivity contribution in [1.82, 2.24) is 4.90 Å². The maximum absolute atomic E-state index is 12.2. The van der Waals surface area contributed by atoms with Crippen LogP contribution in [0, 0.1) is 10.1 Å². The number of carbonyl (C=O) groups excluding carboxylic acids is 2. The predicted molar refractivity (Wildman–Crippen MR) is 75.8 cm³/mol. The summed E-state index contributed by atoms with van der Waals surface area (Å²) in [7, 11) is 0. The lowest BCUT2D eigenvalue weighted by Crippen LogP contribution is -2.49. The Balaban J connectivity index is 2.06. The number of primary amides is 1. The molecule has 1 saturated heterocycles. The second-order valence-corrected chi connectivity index (χ2v) is 5.11. The number of carbonyl (C=O) groups is 2. The number of benzene rings is 1. The summed E-state index contributed by atoms with van der Waals surface area (Å²) in [5, 5.41) is 10.6. The molecule has 1 aromatic carbocycles. The molecular weight excluding hydrogens is 274 g/mol. The number of nitro benzene ring substituents is 1. The van der Waals surface area contributed by atoms with Gasteiger partial charge in [0, 0.05) is 17.7 Å². The Kier molecular flexibility index (Phi) is 4.64. The number of likely N-dealkylation sites (tertiary alicyclic amines) is 1. The van der Waals surface area contributed by atoms with E-state index in [1.54, 1.807) is 4.90 Å². The van der Waals surface area contributed by atoms with Gasteiger partial charge >= 0.3 is 0 Å². The van der Waals surface area contributed by atoms with Gasteiger partial charge in [0.05, 0.1) is 17.5 Å². The van der Waals surface area contributed by atoms with E-state index in [-0.39, 0.29) is 18.0 Å². The quantitative estimate of drug-likeness (QED) is 0.497. The van der Waals surface area contributed by atoms with E-state index in [0.717, 1.165) is 12.8 Å². The van der Waals surface area contributed by atoms with Crippen LogP contribution in [0.25, 0.3) is 0 Å². The number of piperidine rings is 1. The second-order valence-electron chi connectivity index (χ2n) is 5.11. The number of non-ortho nitro benzene ring substituents is 1. The number of amides is 1. The molecule has 1 unspecified atom stereocenters. The van der Waals surface area contributed by atoms with E-state index >= 15 is 0 Å². The second kappa shape index (κ2) is 6.45. The van der Waals surface area contributed by atoms with Crippen molar-refractivity contribution in [1.29, 1.82) is 0 Å². The van der Waals surface area contributed by atoms with Gasteiger partial charge in [0.2, 0.25) is 5.91 Å². The number of nitrogens with two attached hydrogens (primary N) is 1. The lowest BCUT2D eigenvalue weighted by Gasteiger charge is -2.32. The van der Waals surface area contributed by atoms with Crippen molar-refractivity contribution in [3.05, 3.63) is 39.9 Å². The van der Waals surface area contributed by atoms with Crippen LogP contribution < -0.4 is 5.73 Å². The Labute approximate surface area is 121 Å². The van der Waals surface area contributed by atoms with Crippen LogP contribution in [0.2, 0.25) is 0 Å². The topological polar surface area (TPSA) is 107 Å². The van der Waals surface area contributed by atoms with Crippen LogP contribution in [-0.2, 0) is 4.79 Å². The Morgan fingerprint density at radius 3 is 2.52 bits per heavy atom. The molecule has 2 N–H and O–H groups in total. The number of nitrogens with zero attached hydrogens (tertiary/aromatic N) is 2. The summed E-state index contributed by atoms with van der Waals surface area (Å²) in [6.07, 6.45) is 2.52. The first-order chi connectivity index (χ1) is 9.99. The van der Waals surface area contributed by atoms with Gasteiger partial charge in [-0.25, -0.2) is 0 Å². The number of rotatable bonds is 5. The highest BCUT2D eigenvalue weighted by molar-refractivity contribution is 5.98. The van der Waals surface area contributed by atoms with Crippen LogP contribution in [-0.4, -0.2) is 40.6 Å². The minimum absolute atomic E-state index is 0.0560. The fourth-order valence-electron chi connectivity index (χ4n) is 2.55. The van der Waals surface area contributed by atoms with Crippen molar-refractivity contribution in [2.75, 3.05) is 13.1 Å². The third kappa shape index (κ3) is 3.63. The Bertz CT molecular complexity index is 556. The molecule has 2 rings (SSSR count). The summed E-state index contributed by atoms with van der Waals surface area (Å²) in [5.74, 6) is -0.579. The summed E-state index contributed by atoms with van der Waals surface area (Å²) in [6, 6.07) is 5.07. The Morgan fingerprint density at radius 1 is 1.29 bits per heavy atom. The first kappa shape index (κ1) is 15.1. The van der Waals surface area contributed by atoms with Gasteiger partial charge < -0.3 is 5.73 Å². The van der Waals surface area contributed by atoms with Crippen LogP contribution >= 0.6 is 0 Å². The number of hydrogen-bond donors (Lipinski definition) is 1. The normalized spacial score (nSPS) is 19.1. The fraction of sp³-hybridized carbons (Fsp3) is 0.429. The number of hydrogen-bond acceptors (Lipinski definition) is 5. The van der Waals surface area contributed by atoms with Gasteiger partial charge in [-0.3, -0.25) is 24.6 Å². The first-order valence-corrected chi connectivity index (χ1v) is 6.80. The molecule has 7 nitrogen and oxygen atoms in total. The average Bonchev–Trinajstić information content (AvgIpc) is 2.47. The molecule has 0 aliphatic carbocycles.